The van der Waals surface area contributed by atoms with Gasteiger partial charge >= 0.3 is 24.1 Å². The Morgan fingerprint density at radius 1 is 0.595 bits per heavy atom. The Bertz CT molecular complexity index is 979. The lowest BCUT2D eigenvalue weighted by Gasteiger charge is -2.09. The van der Waals surface area contributed by atoms with Crippen LogP contribution in [-0.4, -0.2) is 50.6 Å². The van der Waals surface area contributed by atoms with E-state index in [0.29, 0.717) is 30.6 Å². The van der Waals surface area contributed by atoms with E-state index in [0.717, 1.165) is 23.3 Å². The number of carbonyl (C=O) groups is 4. The van der Waals surface area contributed by atoms with Gasteiger partial charge in [0.15, 0.2) is 0 Å². The van der Waals surface area contributed by atoms with Crippen molar-refractivity contribution in [2.45, 2.75) is 19.3 Å². The molecule has 2 rings (SSSR count). The van der Waals surface area contributed by atoms with E-state index in [-0.39, 0.29) is 26.4 Å². The largest absolute Gasteiger partial charge is 0.462 e. The van der Waals surface area contributed by atoms with E-state index < -0.39 is 24.1 Å². The van der Waals surface area contributed by atoms with Crippen molar-refractivity contribution in [3.05, 3.63) is 85.0 Å². The maximum atomic E-state index is 11.9. The number of esters is 2. The minimum atomic E-state index is -0.597. The van der Waals surface area contributed by atoms with Crippen LogP contribution in [0, 0.1) is 0 Å². The summed E-state index contributed by atoms with van der Waals surface area (Å²) < 4.78 is 19.7. The molecule has 0 aliphatic rings. The SMILES string of the molecule is C=CC(=O)OCCCOC(=O)Nc1ccc(Cc2ccc(NC(=O)OCCCOC(=O)C=C)cc2)cc1. The molecule has 10 nitrogen and oxygen atoms in total. The monoisotopic (exact) mass is 510 g/mol. The summed E-state index contributed by atoms with van der Waals surface area (Å²) in [7, 11) is 0. The van der Waals surface area contributed by atoms with Gasteiger partial charge in [0.2, 0.25) is 0 Å². The van der Waals surface area contributed by atoms with Gasteiger partial charge in [-0.1, -0.05) is 37.4 Å². The van der Waals surface area contributed by atoms with Gasteiger partial charge in [0, 0.05) is 36.4 Å². The maximum absolute atomic E-state index is 11.9. The van der Waals surface area contributed by atoms with Gasteiger partial charge in [-0.05, 0) is 41.8 Å². The highest BCUT2D eigenvalue weighted by atomic mass is 16.6. The van der Waals surface area contributed by atoms with Crippen molar-refractivity contribution in [3.8, 4) is 0 Å². The molecule has 0 heterocycles. The highest BCUT2D eigenvalue weighted by Crippen LogP contribution is 2.16. The van der Waals surface area contributed by atoms with Gasteiger partial charge in [0.05, 0.1) is 26.4 Å². The molecule has 0 aliphatic heterocycles. The van der Waals surface area contributed by atoms with Gasteiger partial charge in [0.1, 0.15) is 0 Å². The van der Waals surface area contributed by atoms with Crippen LogP contribution in [0.25, 0.3) is 0 Å². The molecule has 0 spiro atoms. The van der Waals surface area contributed by atoms with Gasteiger partial charge < -0.3 is 18.9 Å². The van der Waals surface area contributed by atoms with Crippen LogP contribution in [0.1, 0.15) is 24.0 Å². The van der Waals surface area contributed by atoms with Crippen LogP contribution >= 0.6 is 0 Å². The van der Waals surface area contributed by atoms with Crippen LogP contribution in [0.5, 0.6) is 0 Å². The highest BCUT2D eigenvalue weighted by Gasteiger charge is 2.06. The van der Waals surface area contributed by atoms with Crippen molar-refractivity contribution in [2.24, 2.45) is 0 Å². The molecule has 0 bridgehead atoms. The van der Waals surface area contributed by atoms with Gasteiger partial charge in [-0.25, -0.2) is 19.2 Å². The first kappa shape index (κ1) is 28.6. The summed E-state index contributed by atoms with van der Waals surface area (Å²) in [6.45, 7) is 7.11. The Morgan fingerprint density at radius 3 is 1.30 bits per heavy atom. The van der Waals surface area contributed by atoms with E-state index in [2.05, 4.69) is 23.8 Å². The average Bonchev–Trinajstić information content (AvgIpc) is 2.90. The van der Waals surface area contributed by atoms with E-state index in [4.69, 9.17) is 18.9 Å². The third kappa shape index (κ3) is 12.1. The second-order valence-corrected chi connectivity index (χ2v) is 7.54. The third-order valence-corrected chi connectivity index (χ3v) is 4.67. The third-order valence-electron chi connectivity index (χ3n) is 4.67. The Kier molecular flexibility index (Phi) is 12.5. The van der Waals surface area contributed by atoms with Crippen molar-refractivity contribution in [2.75, 3.05) is 37.1 Å². The highest BCUT2D eigenvalue weighted by molar-refractivity contribution is 5.85. The first-order valence-electron chi connectivity index (χ1n) is 11.5. The summed E-state index contributed by atoms with van der Waals surface area (Å²) in [4.78, 5) is 45.6. The van der Waals surface area contributed by atoms with Crippen LogP contribution in [0.3, 0.4) is 0 Å². The molecule has 0 atom stereocenters. The van der Waals surface area contributed by atoms with Crippen LogP contribution in [0.2, 0.25) is 0 Å². The summed E-state index contributed by atoms with van der Waals surface area (Å²) in [6, 6.07) is 14.6. The first-order chi connectivity index (χ1) is 17.9. The number of carbonyl (C=O) groups excluding carboxylic acids is 4. The van der Waals surface area contributed by atoms with Crippen LogP contribution in [0.15, 0.2) is 73.8 Å². The molecule has 0 aliphatic carbocycles. The van der Waals surface area contributed by atoms with Crippen LogP contribution in [-0.2, 0) is 35.0 Å². The number of rotatable bonds is 14. The lowest BCUT2D eigenvalue weighted by Crippen LogP contribution is -2.15. The molecule has 10 heteroatoms. The average molecular weight is 511 g/mol. The minimum Gasteiger partial charge on any atom is -0.462 e. The fraction of sp³-hybridized carbons (Fsp3) is 0.259. The summed E-state index contributed by atoms with van der Waals surface area (Å²) in [5, 5.41) is 5.27. The van der Waals surface area contributed by atoms with Crippen molar-refractivity contribution >= 4 is 35.5 Å². The second kappa shape index (κ2) is 16.1. The summed E-state index contributed by atoms with van der Waals surface area (Å²) in [6.07, 6.45) is 2.37. The molecule has 0 unspecified atom stereocenters. The van der Waals surface area contributed by atoms with Crippen LogP contribution in [0.4, 0.5) is 21.0 Å². The molecular formula is C27H30N2O8. The number of benzene rings is 2. The molecule has 2 aromatic carbocycles. The predicted octanol–water partition coefficient (Wildman–Crippen LogP) is 4.61. The number of amides is 2. The van der Waals surface area contributed by atoms with E-state index in [1.807, 2.05) is 24.3 Å². The van der Waals surface area contributed by atoms with E-state index in [1.165, 1.54) is 0 Å². The number of hydrogen-bond donors (Lipinski definition) is 2. The number of hydrogen-bond acceptors (Lipinski definition) is 8. The Labute approximate surface area is 215 Å². The zero-order chi connectivity index (χ0) is 26.9. The zero-order valence-electron chi connectivity index (χ0n) is 20.4. The van der Waals surface area contributed by atoms with E-state index in [1.54, 1.807) is 24.3 Å². The minimum absolute atomic E-state index is 0.115. The molecule has 2 aromatic rings. The van der Waals surface area contributed by atoms with Crippen molar-refractivity contribution in [3.63, 3.8) is 0 Å². The lowest BCUT2D eigenvalue weighted by atomic mass is 10.0. The smallest absolute Gasteiger partial charge is 0.411 e. The van der Waals surface area contributed by atoms with Gasteiger partial charge in [-0.3, -0.25) is 10.6 Å². The molecule has 0 radical (unpaired) electrons. The molecule has 0 fully saturated rings. The van der Waals surface area contributed by atoms with Gasteiger partial charge in [-0.15, -0.1) is 0 Å². The van der Waals surface area contributed by atoms with Gasteiger partial charge in [0.25, 0.3) is 0 Å². The summed E-state index contributed by atoms with van der Waals surface area (Å²) in [5.41, 5.74) is 3.23. The van der Waals surface area contributed by atoms with E-state index in [9.17, 15) is 19.2 Å². The molecule has 37 heavy (non-hydrogen) atoms. The molecule has 2 N–H and O–H groups in total. The fourth-order valence-electron chi connectivity index (χ4n) is 2.87. The molecule has 0 aromatic heterocycles. The number of nitrogens with one attached hydrogen (secondary N) is 2. The number of anilines is 2. The van der Waals surface area contributed by atoms with Crippen molar-refractivity contribution in [1.29, 1.82) is 0 Å². The summed E-state index contributed by atoms with van der Waals surface area (Å²) in [5.74, 6) is -1.04. The normalized spacial score (nSPS) is 9.95. The molecule has 2 amide bonds. The van der Waals surface area contributed by atoms with Crippen molar-refractivity contribution in [1.82, 2.24) is 0 Å². The Morgan fingerprint density at radius 2 is 0.946 bits per heavy atom. The summed E-state index contributed by atoms with van der Waals surface area (Å²) >= 11 is 0. The van der Waals surface area contributed by atoms with Crippen LogP contribution < -0.4 is 10.6 Å². The lowest BCUT2D eigenvalue weighted by molar-refractivity contribution is -0.138. The van der Waals surface area contributed by atoms with E-state index >= 15 is 0 Å². The Hall–Kier alpha value is -4.60. The number of ether oxygens (including phenoxy) is 4. The Balaban J connectivity index is 1.68. The molecule has 0 saturated heterocycles. The molecular weight excluding hydrogens is 480 g/mol. The van der Waals surface area contributed by atoms with Crippen molar-refractivity contribution < 1.29 is 38.1 Å². The standard InChI is InChI=1S/C27H30N2O8/c1-3-24(30)34-15-5-17-36-26(32)28-22-11-7-20(8-12-22)19-21-9-13-23(14-10-21)29-27(33)37-18-6-16-35-25(31)4-2/h3-4,7-14H,1-2,5-6,15-19H2,(H,28,32)(H,29,33). The predicted molar refractivity (Wildman–Crippen MR) is 137 cm³/mol. The molecule has 0 saturated carbocycles. The molecule has 196 valence electrons. The maximum Gasteiger partial charge on any atom is 0.411 e. The second-order valence-electron chi connectivity index (χ2n) is 7.54. The fourth-order valence-corrected chi connectivity index (χ4v) is 2.87. The van der Waals surface area contributed by atoms with Gasteiger partial charge in [-0.2, -0.15) is 0 Å². The zero-order valence-corrected chi connectivity index (χ0v) is 20.4. The topological polar surface area (TPSA) is 129 Å². The first-order valence-corrected chi connectivity index (χ1v) is 11.5. The quantitative estimate of drug-likeness (QED) is 0.163.